The fourth-order valence-corrected chi connectivity index (χ4v) is 4.06. The molecule has 0 saturated heterocycles. The molecule has 0 spiro atoms. The maximum absolute atomic E-state index is 10.8. The van der Waals surface area contributed by atoms with Gasteiger partial charge in [-0.05, 0) is 31.4 Å². The number of aliphatic hydroxyl groups excluding tert-OH is 1. The third kappa shape index (κ3) is 2.82. The number of benzene rings is 1. The molecule has 0 aromatic heterocycles. The molecule has 2 aliphatic heterocycles. The number of halogens is 1. The van der Waals surface area contributed by atoms with Gasteiger partial charge in [-0.25, -0.2) is 0 Å². The Morgan fingerprint density at radius 3 is 2.62 bits per heavy atom. The van der Waals surface area contributed by atoms with Gasteiger partial charge >= 0.3 is 0 Å². The van der Waals surface area contributed by atoms with Crippen LogP contribution in [0.4, 0.5) is 5.69 Å². The molecular weight excluding hydrogens is 322 g/mol. The number of aliphatic hydroxyl groups is 1. The number of hydrogen-bond donors (Lipinski definition) is 1. The highest BCUT2D eigenvalue weighted by Gasteiger charge is 2.35. The van der Waals surface area contributed by atoms with Crippen molar-refractivity contribution in [2.45, 2.75) is 39.2 Å². The van der Waals surface area contributed by atoms with Crippen LogP contribution in [0.5, 0.6) is 0 Å². The van der Waals surface area contributed by atoms with Gasteiger partial charge < -0.3 is 14.7 Å². The van der Waals surface area contributed by atoms with E-state index in [-0.39, 0.29) is 18.5 Å². The summed E-state index contributed by atoms with van der Waals surface area (Å²) >= 11 is 0. The summed E-state index contributed by atoms with van der Waals surface area (Å²) in [6, 6.07) is 10.3. The predicted molar refractivity (Wildman–Crippen MR) is 99.4 cm³/mol. The SMILES string of the molecule is CC1CC2=C(CCC3=C2C(O)=CN(c2ccccc2)CC3C)O1.Cl. The number of ether oxygens (including phenoxy) is 1. The first-order chi connectivity index (χ1) is 11.1. The molecule has 4 heteroatoms. The number of rotatable bonds is 1. The Morgan fingerprint density at radius 1 is 1.12 bits per heavy atom. The van der Waals surface area contributed by atoms with Gasteiger partial charge in [0.25, 0.3) is 0 Å². The van der Waals surface area contributed by atoms with Gasteiger partial charge in [0.05, 0.1) is 6.10 Å². The highest BCUT2D eigenvalue weighted by atomic mass is 35.5. The molecule has 0 bridgehead atoms. The minimum absolute atomic E-state index is 0. The molecule has 0 fully saturated rings. The second-order valence-electron chi connectivity index (χ2n) is 6.84. The molecule has 3 aliphatic rings. The van der Waals surface area contributed by atoms with E-state index in [4.69, 9.17) is 4.74 Å². The second-order valence-corrected chi connectivity index (χ2v) is 6.84. The summed E-state index contributed by atoms with van der Waals surface area (Å²) in [7, 11) is 0. The van der Waals surface area contributed by atoms with Gasteiger partial charge in [0.15, 0.2) is 0 Å². The van der Waals surface area contributed by atoms with Crippen molar-refractivity contribution in [1.29, 1.82) is 0 Å². The normalized spacial score (nSPS) is 26.1. The topological polar surface area (TPSA) is 32.7 Å². The molecule has 1 aromatic carbocycles. The van der Waals surface area contributed by atoms with Crippen molar-refractivity contribution in [2.24, 2.45) is 5.92 Å². The zero-order valence-corrected chi connectivity index (χ0v) is 15.0. The Morgan fingerprint density at radius 2 is 1.88 bits per heavy atom. The highest BCUT2D eigenvalue weighted by molar-refractivity contribution is 5.85. The highest BCUT2D eigenvalue weighted by Crippen LogP contribution is 2.45. The summed E-state index contributed by atoms with van der Waals surface area (Å²) < 4.78 is 5.94. The summed E-state index contributed by atoms with van der Waals surface area (Å²) in [5.74, 6) is 1.89. The van der Waals surface area contributed by atoms with Gasteiger partial charge in [-0.15, -0.1) is 12.4 Å². The van der Waals surface area contributed by atoms with Crippen molar-refractivity contribution in [1.82, 2.24) is 0 Å². The Balaban J connectivity index is 0.00000169. The fraction of sp³-hybridized carbons (Fsp3) is 0.400. The lowest BCUT2D eigenvalue weighted by Crippen LogP contribution is -2.23. The van der Waals surface area contributed by atoms with E-state index in [1.165, 1.54) is 11.1 Å². The third-order valence-corrected chi connectivity index (χ3v) is 5.10. The van der Waals surface area contributed by atoms with Crippen LogP contribution in [-0.2, 0) is 4.74 Å². The molecule has 1 aliphatic carbocycles. The lowest BCUT2D eigenvalue weighted by atomic mass is 9.82. The molecule has 0 amide bonds. The average molecular weight is 346 g/mol. The Hall–Kier alpha value is -1.87. The fourth-order valence-electron chi connectivity index (χ4n) is 4.06. The number of nitrogens with zero attached hydrogens (tertiary/aromatic N) is 1. The largest absolute Gasteiger partial charge is 0.506 e. The standard InChI is InChI=1S/C20H23NO2.ClH/c1-13-11-21(15-6-4-3-5-7-15)12-18(22)20-16(13)8-9-19-17(20)10-14(2)23-19;/h3-7,12-14,22H,8-11H2,1-2H3;1H. The van der Waals surface area contributed by atoms with Crippen molar-refractivity contribution < 1.29 is 9.84 Å². The zero-order chi connectivity index (χ0) is 16.0. The first-order valence-electron chi connectivity index (χ1n) is 8.48. The van der Waals surface area contributed by atoms with E-state index in [1.54, 1.807) is 0 Å². The van der Waals surface area contributed by atoms with Crippen LogP contribution in [0.2, 0.25) is 0 Å². The van der Waals surface area contributed by atoms with Gasteiger partial charge in [-0.1, -0.05) is 30.7 Å². The van der Waals surface area contributed by atoms with Gasteiger partial charge in [0.2, 0.25) is 0 Å². The zero-order valence-electron chi connectivity index (χ0n) is 14.2. The van der Waals surface area contributed by atoms with Gasteiger partial charge in [-0.3, -0.25) is 0 Å². The van der Waals surface area contributed by atoms with Crippen LogP contribution in [0.25, 0.3) is 0 Å². The van der Waals surface area contributed by atoms with Gasteiger partial charge in [0, 0.05) is 42.4 Å². The lowest BCUT2D eigenvalue weighted by molar-refractivity contribution is 0.152. The van der Waals surface area contributed by atoms with Crippen molar-refractivity contribution in [3.63, 3.8) is 0 Å². The molecular formula is C20H24ClNO2. The number of para-hydroxylation sites is 1. The molecule has 24 heavy (non-hydrogen) atoms. The molecule has 0 saturated carbocycles. The molecule has 3 nitrogen and oxygen atoms in total. The first-order valence-corrected chi connectivity index (χ1v) is 8.48. The third-order valence-electron chi connectivity index (χ3n) is 5.10. The quantitative estimate of drug-likeness (QED) is 0.767. The van der Waals surface area contributed by atoms with Crippen LogP contribution in [0.3, 0.4) is 0 Å². The van der Waals surface area contributed by atoms with E-state index in [0.29, 0.717) is 11.7 Å². The Kier molecular flexibility index (Phi) is 4.64. The number of allylic oxidation sites excluding steroid dienone is 2. The van der Waals surface area contributed by atoms with Crippen LogP contribution in [0.1, 0.15) is 33.1 Å². The predicted octanol–water partition coefficient (Wildman–Crippen LogP) is 5.12. The van der Waals surface area contributed by atoms with Crippen molar-refractivity contribution >= 4 is 18.1 Å². The van der Waals surface area contributed by atoms with Crippen LogP contribution >= 0.6 is 12.4 Å². The van der Waals surface area contributed by atoms with Crippen LogP contribution in [0.15, 0.2) is 64.8 Å². The van der Waals surface area contributed by atoms with Gasteiger partial charge in [-0.2, -0.15) is 0 Å². The van der Waals surface area contributed by atoms with E-state index in [9.17, 15) is 5.11 Å². The van der Waals surface area contributed by atoms with Crippen LogP contribution in [0, 0.1) is 5.92 Å². The van der Waals surface area contributed by atoms with E-state index >= 15 is 0 Å². The maximum atomic E-state index is 10.8. The number of fused-ring (bicyclic) bond motifs is 1. The van der Waals surface area contributed by atoms with Crippen molar-refractivity contribution in [2.75, 3.05) is 11.4 Å². The summed E-state index contributed by atoms with van der Waals surface area (Å²) in [6.45, 7) is 5.27. The van der Waals surface area contributed by atoms with Crippen molar-refractivity contribution in [3.05, 3.63) is 64.8 Å². The van der Waals surface area contributed by atoms with Crippen molar-refractivity contribution in [3.8, 4) is 0 Å². The van der Waals surface area contributed by atoms with Crippen LogP contribution in [-0.4, -0.2) is 17.8 Å². The smallest absolute Gasteiger partial charge is 0.139 e. The Labute approximate surface area is 149 Å². The Bertz CT molecular complexity index is 720. The molecule has 0 radical (unpaired) electrons. The molecule has 1 aromatic rings. The summed E-state index contributed by atoms with van der Waals surface area (Å²) in [5, 5.41) is 10.8. The van der Waals surface area contributed by atoms with E-state index in [1.807, 2.05) is 24.4 Å². The summed E-state index contributed by atoms with van der Waals surface area (Å²) in [5.41, 5.74) is 4.79. The average Bonchev–Trinajstić information content (AvgIpc) is 2.87. The van der Waals surface area contributed by atoms with Crippen LogP contribution < -0.4 is 4.90 Å². The minimum Gasteiger partial charge on any atom is -0.506 e. The molecule has 1 N–H and O–H groups in total. The van der Waals surface area contributed by atoms with E-state index < -0.39 is 0 Å². The lowest BCUT2D eigenvalue weighted by Gasteiger charge is -2.26. The summed E-state index contributed by atoms with van der Waals surface area (Å²) in [4.78, 5) is 2.16. The summed E-state index contributed by atoms with van der Waals surface area (Å²) in [6.07, 6.45) is 4.99. The molecule has 128 valence electrons. The van der Waals surface area contributed by atoms with E-state index in [2.05, 4.69) is 30.9 Å². The first kappa shape index (κ1) is 17.0. The number of anilines is 1. The maximum Gasteiger partial charge on any atom is 0.139 e. The molecule has 2 atom stereocenters. The minimum atomic E-state index is 0. The molecule has 4 rings (SSSR count). The second kappa shape index (κ2) is 6.56. The molecule has 2 unspecified atom stereocenters. The number of hydrogen-bond acceptors (Lipinski definition) is 3. The van der Waals surface area contributed by atoms with E-state index in [0.717, 1.165) is 42.8 Å². The monoisotopic (exact) mass is 345 g/mol. The van der Waals surface area contributed by atoms with Gasteiger partial charge in [0.1, 0.15) is 11.5 Å². The molecule has 2 heterocycles.